The Hall–Kier alpha value is -3.04. The molecule has 3 nitrogen and oxygen atoms in total. The van der Waals surface area contributed by atoms with E-state index in [9.17, 15) is 0 Å². The highest BCUT2D eigenvalue weighted by Gasteiger charge is 2.14. The lowest BCUT2D eigenvalue weighted by Crippen LogP contribution is -2.02. The first-order chi connectivity index (χ1) is 13.3. The molecule has 0 bridgehead atoms. The van der Waals surface area contributed by atoms with Crippen LogP contribution in [0.3, 0.4) is 0 Å². The summed E-state index contributed by atoms with van der Waals surface area (Å²) in [5, 5.41) is 4.76. The molecule has 0 N–H and O–H groups in total. The second-order valence-corrected chi connectivity index (χ2v) is 6.45. The van der Waals surface area contributed by atoms with Crippen LogP contribution in [0, 0.1) is 0 Å². The fraction of sp³-hybridized carbons (Fsp3) is 0.0870. The van der Waals surface area contributed by atoms with E-state index < -0.39 is 0 Å². The summed E-state index contributed by atoms with van der Waals surface area (Å²) in [7, 11) is 1.67. The predicted octanol–water partition coefficient (Wildman–Crippen LogP) is 5.95. The lowest BCUT2D eigenvalue weighted by atomic mass is 10.0. The molecular formula is C23H19ClN2O. The maximum atomic E-state index is 6.09. The first-order valence-electron chi connectivity index (χ1n) is 8.74. The molecule has 134 valence electrons. The maximum absolute atomic E-state index is 6.09. The monoisotopic (exact) mass is 374 g/mol. The number of methoxy groups -OCH3 is 1. The Balaban J connectivity index is 1.88. The van der Waals surface area contributed by atoms with E-state index in [1.165, 1.54) is 0 Å². The van der Waals surface area contributed by atoms with E-state index in [0.717, 1.165) is 39.5 Å². The maximum Gasteiger partial charge on any atom is 0.118 e. The number of ether oxygens (including phenoxy) is 1. The summed E-state index contributed by atoms with van der Waals surface area (Å²) >= 11 is 6.09. The van der Waals surface area contributed by atoms with Crippen LogP contribution in [0.15, 0.2) is 84.9 Å². The number of alkyl halides is 1. The molecule has 4 rings (SSSR count). The number of aromatic nitrogens is 2. The third-order valence-electron chi connectivity index (χ3n) is 4.50. The highest BCUT2D eigenvalue weighted by atomic mass is 35.5. The molecule has 0 aliphatic carbocycles. The zero-order valence-corrected chi connectivity index (χ0v) is 15.7. The van der Waals surface area contributed by atoms with Gasteiger partial charge in [0.05, 0.1) is 30.1 Å². The van der Waals surface area contributed by atoms with E-state index in [2.05, 4.69) is 36.4 Å². The molecule has 0 amide bonds. The molecule has 4 aromatic rings. The van der Waals surface area contributed by atoms with Gasteiger partial charge in [0.15, 0.2) is 0 Å². The third-order valence-corrected chi connectivity index (χ3v) is 4.77. The van der Waals surface area contributed by atoms with E-state index in [0.29, 0.717) is 5.88 Å². The van der Waals surface area contributed by atoms with Crippen molar-refractivity contribution < 1.29 is 4.74 Å². The van der Waals surface area contributed by atoms with Crippen LogP contribution >= 0.6 is 11.6 Å². The SMILES string of the molecule is COc1ccc(-c2ccccc2-n2nc(CCl)cc2-c2ccccc2)cc1. The molecule has 0 unspecified atom stereocenters. The van der Waals surface area contributed by atoms with Gasteiger partial charge in [0.2, 0.25) is 0 Å². The summed E-state index contributed by atoms with van der Waals surface area (Å²) in [6.45, 7) is 0. The summed E-state index contributed by atoms with van der Waals surface area (Å²) in [4.78, 5) is 0. The average Bonchev–Trinajstić information content (AvgIpc) is 3.19. The minimum Gasteiger partial charge on any atom is -0.497 e. The molecule has 0 atom stereocenters. The molecule has 0 aliphatic heterocycles. The fourth-order valence-electron chi connectivity index (χ4n) is 3.17. The Kier molecular flexibility index (Phi) is 4.95. The highest BCUT2D eigenvalue weighted by molar-refractivity contribution is 6.16. The Labute approximate surface area is 163 Å². The summed E-state index contributed by atoms with van der Waals surface area (Å²) in [6, 6.07) is 28.6. The van der Waals surface area contributed by atoms with Crippen molar-refractivity contribution in [3.63, 3.8) is 0 Å². The van der Waals surface area contributed by atoms with Crippen LogP contribution in [0.1, 0.15) is 5.69 Å². The zero-order chi connectivity index (χ0) is 18.6. The summed E-state index contributed by atoms with van der Waals surface area (Å²) in [5.41, 5.74) is 6.19. The number of halogens is 1. The van der Waals surface area contributed by atoms with Gasteiger partial charge in [-0.15, -0.1) is 11.6 Å². The predicted molar refractivity (Wildman–Crippen MR) is 111 cm³/mol. The molecule has 0 saturated heterocycles. The molecule has 0 radical (unpaired) electrons. The van der Waals surface area contributed by atoms with Gasteiger partial charge in [-0.05, 0) is 29.8 Å². The lowest BCUT2D eigenvalue weighted by Gasteiger charge is -2.13. The number of rotatable bonds is 5. The van der Waals surface area contributed by atoms with Crippen LogP contribution in [0.5, 0.6) is 5.75 Å². The van der Waals surface area contributed by atoms with Crippen molar-refractivity contribution in [1.29, 1.82) is 0 Å². The van der Waals surface area contributed by atoms with Gasteiger partial charge < -0.3 is 4.74 Å². The van der Waals surface area contributed by atoms with E-state index in [1.807, 2.05) is 53.2 Å². The van der Waals surface area contributed by atoms with E-state index in [1.54, 1.807) is 7.11 Å². The van der Waals surface area contributed by atoms with Crippen LogP contribution < -0.4 is 4.74 Å². The summed E-state index contributed by atoms with van der Waals surface area (Å²) < 4.78 is 7.26. The van der Waals surface area contributed by atoms with Crippen LogP contribution in [-0.2, 0) is 5.88 Å². The Morgan fingerprint density at radius 2 is 1.56 bits per heavy atom. The largest absolute Gasteiger partial charge is 0.497 e. The van der Waals surface area contributed by atoms with Gasteiger partial charge in [0.25, 0.3) is 0 Å². The van der Waals surface area contributed by atoms with E-state index in [-0.39, 0.29) is 0 Å². The molecule has 0 aliphatic rings. The quantitative estimate of drug-likeness (QED) is 0.403. The Morgan fingerprint density at radius 1 is 0.852 bits per heavy atom. The van der Waals surface area contributed by atoms with Crippen molar-refractivity contribution >= 4 is 11.6 Å². The minimum absolute atomic E-state index is 0.373. The van der Waals surface area contributed by atoms with Crippen molar-refractivity contribution in [2.75, 3.05) is 7.11 Å². The molecule has 0 fully saturated rings. The van der Waals surface area contributed by atoms with E-state index in [4.69, 9.17) is 21.4 Å². The topological polar surface area (TPSA) is 27.1 Å². The molecule has 3 aromatic carbocycles. The molecule has 4 heteroatoms. The molecule has 1 heterocycles. The van der Waals surface area contributed by atoms with Gasteiger partial charge in [-0.25, -0.2) is 4.68 Å². The summed E-state index contributed by atoms with van der Waals surface area (Å²) in [5.74, 6) is 1.21. The minimum atomic E-state index is 0.373. The average molecular weight is 375 g/mol. The van der Waals surface area contributed by atoms with Gasteiger partial charge in [0.1, 0.15) is 5.75 Å². The second kappa shape index (κ2) is 7.68. The number of nitrogens with zero attached hydrogens (tertiary/aromatic N) is 2. The fourth-order valence-corrected chi connectivity index (χ4v) is 3.30. The van der Waals surface area contributed by atoms with Crippen LogP contribution in [0.4, 0.5) is 0 Å². The first kappa shape index (κ1) is 17.4. The highest BCUT2D eigenvalue weighted by Crippen LogP contribution is 2.32. The zero-order valence-electron chi connectivity index (χ0n) is 15.0. The lowest BCUT2D eigenvalue weighted by molar-refractivity contribution is 0.415. The van der Waals surface area contributed by atoms with Crippen LogP contribution in [-0.4, -0.2) is 16.9 Å². The molecule has 1 aromatic heterocycles. The first-order valence-corrected chi connectivity index (χ1v) is 9.28. The summed E-state index contributed by atoms with van der Waals surface area (Å²) in [6.07, 6.45) is 0. The number of benzene rings is 3. The molecule has 27 heavy (non-hydrogen) atoms. The third kappa shape index (κ3) is 3.46. The van der Waals surface area contributed by atoms with Gasteiger partial charge in [0, 0.05) is 11.1 Å². The van der Waals surface area contributed by atoms with Gasteiger partial charge in [-0.3, -0.25) is 0 Å². The number of hydrogen-bond acceptors (Lipinski definition) is 2. The normalized spacial score (nSPS) is 10.7. The standard InChI is InChI=1S/C23H19ClN2O/c1-27-20-13-11-17(12-14-20)21-9-5-6-10-22(21)26-23(15-19(16-24)25-26)18-7-3-2-4-8-18/h2-15H,16H2,1H3. The van der Waals surface area contributed by atoms with Crippen LogP contribution in [0.25, 0.3) is 28.1 Å². The smallest absolute Gasteiger partial charge is 0.118 e. The van der Waals surface area contributed by atoms with Crippen molar-refractivity contribution in [2.24, 2.45) is 0 Å². The van der Waals surface area contributed by atoms with Gasteiger partial charge >= 0.3 is 0 Å². The van der Waals surface area contributed by atoms with E-state index >= 15 is 0 Å². The second-order valence-electron chi connectivity index (χ2n) is 6.18. The molecular weight excluding hydrogens is 356 g/mol. The van der Waals surface area contributed by atoms with Crippen molar-refractivity contribution in [2.45, 2.75) is 5.88 Å². The number of para-hydroxylation sites is 1. The van der Waals surface area contributed by atoms with Crippen molar-refractivity contribution in [3.8, 4) is 33.8 Å². The van der Waals surface area contributed by atoms with Crippen molar-refractivity contribution in [3.05, 3.63) is 90.6 Å². The van der Waals surface area contributed by atoms with Crippen LogP contribution in [0.2, 0.25) is 0 Å². The number of hydrogen-bond donors (Lipinski definition) is 0. The molecule has 0 spiro atoms. The Morgan fingerprint density at radius 3 is 2.26 bits per heavy atom. The molecule has 0 saturated carbocycles. The Bertz CT molecular complexity index is 1040. The van der Waals surface area contributed by atoms with Crippen molar-refractivity contribution in [1.82, 2.24) is 9.78 Å². The van der Waals surface area contributed by atoms with Gasteiger partial charge in [-0.1, -0.05) is 60.7 Å². The van der Waals surface area contributed by atoms with Gasteiger partial charge in [-0.2, -0.15) is 5.10 Å².